The van der Waals surface area contributed by atoms with Crippen LogP contribution in [-0.2, 0) is 13.1 Å². The van der Waals surface area contributed by atoms with Crippen LogP contribution in [0, 0.1) is 5.92 Å². The van der Waals surface area contributed by atoms with Crippen LogP contribution in [-0.4, -0.2) is 37.6 Å². The zero-order chi connectivity index (χ0) is 17.1. The first kappa shape index (κ1) is 16.0. The molecule has 130 valence electrons. The first-order chi connectivity index (χ1) is 12.3. The molecule has 1 atom stereocenters. The first-order valence-corrected chi connectivity index (χ1v) is 8.96. The van der Waals surface area contributed by atoms with Gasteiger partial charge in [-0.15, -0.1) is 0 Å². The van der Waals surface area contributed by atoms with Crippen LogP contribution in [0.2, 0.25) is 0 Å². The molecule has 6 heteroatoms. The SMILES string of the molecule is CC1CCCN(Cc2ccccc2CNc2cncc3ncnn23)C1. The molecule has 1 aliphatic rings. The lowest BCUT2D eigenvalue weighted by molar-refractivity contribution is 0.176. The highest BCUT2D eigenvalue weighted by Gasteiger charge is 2.17. The minimum absolute atomic E-state index is 0.750. The summed E-state index contributed by atoms with van der Waals surface area (Å²) in [5, 5.41) is 7.71. The predicted molar refractivity (Wildman–Crippen MR) is 98.2 cm³/mol. The molecule has 3 aromatic rings. The van der Waals surface area contributed by atoms with Crippen molar-refractivity contribution in [2.45, 2.75) is 32.9 Å². The molecular weight excluding hydrogens is 312 g/mol. The highest BCUT2D eigenvalue weighted by atomic mass is 15.3. The fraction of sp³-hybridized carbons (Fsp3) is 0.421. The number of rotatable bonds is 5. The van der Waals surface area contributed by atoms with Gasteiger partial charge in [-0.1, -0.05) is 31.2 Å². The number of likely N-dealkylation sites (tertiary alicyclic amines) is 1. The van der Waals surface area contributed by atoms with Crippen molar-refractivity contribution in [2.24, 2.45) is 5.92 Å². The maximum absolute atomic E-state index is 4.25. The van der Waals surface area contributed by atoms with Gasteiger partial charge in [-0.2, -0.15) is 9.61 Å². The van der Waals surface area contributed by atoms with Gasteiger partial charge in [0.1, 0.15) is 12.1 Å². The van der Waals surface area contributed by atoms with Crippen molar-refractivity contribution in [1.82, 2.24) is 24.5 Å². The first-order valence-electron chi connectivity index (χ1n) is 8.96. The monoisotopic (exact) mass is 336 g/mol. The zero-order valence-corrected chi connectivity index (χ0v) is 14.6. The van der Waals surface area contributed by atoms with Gasteiger partial charge in [-0.3, -0.25) is 9.88 Å². The number of aromatic nitrogens is 4. The second-order valence-electron chi connectivity index (χ2n) is 6.93. The Bertz CT molecular complexity index is 843. The summed E-state index contributed by atoms with van der Waals surface area (Å²) in [4.78, 5) is 11.0. The van der Waals surface area contributed by atoms with Gasteiger partial charge in [-0.05, 0) is 36.4 Å². The highest BCUT2D eigenvalue weighted by Crippen LogP contribution is 2.20. The summed E-state index contributed by atoms with van der Waals surface area (Å²) in [6.07, 6.45) is 7.71. The van der Waals surface area contributed by atoms with E-state index >= 15 is 0 Å². The van der Waals surface area contributed by atoms with Gasteiger partial charge in [0.05, 0.1) is 12.4 Å². The molecule has 0 spiro atoms. The van der Waals surface area contributed by atoms with E-state index in [9.17, 15) is 0 Å². The van der Waals surface area contributed by atoms with Gasteiger partial charge in [0.15, 0.2) is 5.65 Å². The molecule has 1 aliphatic heterocycles. The van der Waals surface area contributed by atoms with E-state index in [2.05, 4.69) is 56.5 Å². The van der Waals surface area contributed by atoms with Crippen LogP contribution >= 0.6 is 0 Å². The van der Waals surface area contributed by atoms with Crippen LogP contribution < -0.4 is 5.32 Å². The molecule has 4 rings (SSSR count). The Morgan fingerprint density at radius 2 is 2.08 bits per heavy atom. The highest BCUT2D eigenvalue weighted by molar-refractivity contribution is 5.45. The Kier molecular flexibility index (Phi) is 4.61. The van der Waals surface area contributed by atoms with Crippen molar-refractivity contribution < 1.29 is 0 Å². The van der Waals surface area contributed by atoms with Gasteiger partial charge >= 0.3 is 0 Å². The molecule has 1 saturated heterocycles. The molecule has 0 radical (unpaired) electrons. The third-order valence-corrected chi connectivity index (χ3v) is 4.90. The van der Waals surface area contributed by atoms with Gasteiger partial charge < -0.3 is 5.32 Å². The number of anilines is 1. The van der Waals surface area contributed by atoms with Crippen molar-refractivity contribution in [1.29, 1.82) is 0 Å². The second-order valence-corrected chi connectivity index (χ2v) is 6.93. The third-order valence-electron chi connectivity index (χ3n) is 4.90. The van der Waals surface area contributed by atoms with Gasteiger partial charge in [0.2, 0.25) is 0 Å². The summed E-state index contributed by atoms with van der Waals surface area (Å²) in [6, 6.07) is 8.68. The lowest BCUT2D eigenvalue weighted by atomic mass is 9.99. The van der Waals surface area contributed by atoms with Crippen LogP contribution in [0.5, 0.6) is 0 Å². The van der Waals surface area contributed by atoms with Crippen molar-refractivity contribution in [2.75, 3.05) is 18.4 Å². The lowest BCUT2D eigenvalue weighted by Crippen LogP contribution is -2.34. The molecule has 0 aliphatic carbocycles. The molecule has 1 fully saturated rings. The number of hydrogen-bond acceptors (Lipinski definition) is 5. The number of nitrogens with zero attached hydrogens (tertiary/aromatic N) is 5. The summed E-state index contributed by atoms with van der Waals surface area (Å²) >= 11 is 0. The molecule has 1 N–H and O–H groups in total. The van der Waals surface area contributed by atoms with Gasteiger partial charge in [0.25, 0.3) is 0 Å². The Morgan fingerprint density at radius 1 is 1.20 bits per heavy atom. The molecule has 1 unspecified atom stereocenters. The van der Waals surface area contributed by atoms with Crippen LogP contribution in [0.15, 0.2) is 43.0 Å². The van der Waals surface area contributed by atoms with E-state index in [1.807, 2.05) is 0 Å². The number of piperidine rings is 1. The van der Waals surface area contributed by atoms with Crippen LogP contribution in [0.1, 0.15) is 30.9 Å². The average Bonchev–Trinajstić information content (AvgIpc) is 3.10. The topological polar surface area (TPSA) is 58.3 Å². The molecule has 1 aromatic carbocycles. The van der Waals surface area contributed by atoms with E-state index in [4.69, 9.17) is 0 Å². The van der Waals surface area contributed by atoms with Crippen molar-refractivity contribution in [3.05, 3.63) is 54.1 Å². The van der Waals surface area contributed by atoms with Crippen molar-refractivity contribution in [3.63, 3.8) is 0 Å². The molecule has 0 saturated carbocycles. The Morgan fingerprint density at radius 3 is 2.96 bits per heavy atom. The summed E-state index contributed by atoms with van der Waals surface area (Å²) in [5.74, 6) is 1.66. The van der Waals surface area contributed by atoms with Crippen molar-refractivity contribution in [3.8, 4) is 0 Å². The average molecular weight is 336 g/mol. The summed E-state index contributed by atoms with van der Waals surface area (Å²) in [6.45, 7) is 6.53. The quantitative estimate of drug-likeness (QED) is 0.776. The predicted octanol–water partition coefficient (Wildman–Crippen LogP) is 2.97. The van der Waals surface area contributed by atoms with E-state index in [1.54, 1.807) is 23.2 Å². The normalized spacial score (nSPS) is 18.5. The molecule has 0 bridgehead atoms. The van der Waals surface area contributed by atoms with E-state index in [0.29, 0.717) is 0 Å². The maximum atomic E-state index is 4.25. The van der Waals surface area contributed by atoms with Gasteiger partial charge in [-0.25, -0.2) is 4.98 Å². The minimum Gasteiger partial charge on any atom is -0.365 e. The van der Waals surface area contributed by atoms with Crippen molar-refractivity contribution >= 4 is 11.5 Å². The number of nitrogens with one attached hydrogen (secondary N) is 1. The summed E-state index contributed by atoms with van der Waals surface area (Å²) in [5.41, 5.74) is 3.46. The number of hydrogen-bond donors (Lipinski definition) is 1. The maximum Gasteiger partial charge on any atom is 0.175 e. The molecule has 0 amide bonds. The summed E-state index contributed by atoms with van der Waals surface area (Å²) in [7, 11) is 0. The largest absolute Gasteiger partial charge is 0.365 e. The van der Waals surface area contributed by atoms with Gasteiger partial charge in [0, 0.05) is 19.6 Å². The van der Waals surface area contributed by atoms with E-state index in [0.717, 1.165) is 30.5 Å². The summed E-state index contributed by atoms with van der Waals surface area (Å²) < 4.78 is 1.78. The Labute approximate surface area is 147 Å². The molecule has 2 aromatic heterocycles. The molecule has 25 heavy (non-hydrogen) atoms. The number of fused-ring (bicyclic) bond motifs is 1. The Balaban J connectivity index is 1.48. The standard InChI is InChI=1S/C19H24N6/c1-15-5-4-8-24(12-15)13-17-7-3-2-6-16(17)9-21-18-10-20-11-19-22-14-23-25(18)19/h2-3,6-7,10-11,14-15,21H,4-5,8-9,12-13H2,1H3. The lowest BCUT2D eigenvalue weighted by Gasteiger charge is -2.31. The van der Waals surface area contributed by atoms with E-state index in [1.165, 1.54) is 37.1 Å². The number of benzene rings is 1. The Hall–Kier alpha value is -2.47. The molecular formula is C19H24N6. The fourth-order valence-electron chi connectivity index (χ4n) is 3.62. The molecule has 6 nitrogen and oxygen atoms in total. The van der Waals surface area contributed by atoms with E-state index in [-0.39, 0.29) is 0 Å². The molecule has 3 heterocycles. The minimum atomic E-state index is 0.750. The van der Waals surface area contributed by atoms with Crippen LogP contribution in [0.3, 0.4) is 0 Å². The zero-order valence-electron chi connectivity index (χ0n) is 14.6. The van der Waals surface area contributed by atoms with Crippen LogP contribution in [0.25, 0.3) is 5.65 Å². The fourth-order valence-corrected chi connectivity index (χ4v) is 3.62. The second kappa shape index (κ2) is 7.19. The van der Waals surface area contributed by atoms with E-state index < -0.39 is 0 Å². The van der Waals surface area contributed by atoms with Crippen LogP contribution in [0.4, 0.5) is 5.82 Å². The smallest absolute Gasteiger partial charge is 0.175 e. The third kappa shape index (κ3) is 3.64.